The molecular formula is C25H27N5O. The molecule has 2 aromatic heterocycles. The smallest absolute Gasteiger partial charge is 0.289 e. The number of hydrazone groups is 1. The fourth-order valence-corrected chi connectivity index (χ4v) is 3.44. The van der Waals surface area contributed by atoms with Gasteiger partial charge < -0.3 is 4.98 Å². The lowest BCUT2D eigenvalue weighted by atomic mass is 9.92. The molecule has 2 heterocycles. The summed E-state index contributed by atoms with van der Waals surface area (Å²) in [4.78, 5) is 16.1. The third kappa shape index (κ3) is 4.74. The molecule has 0 atom stereocenters. The number of carbonyl (C=O) groups excluding carboxylic acids is 1. The third-order valence-electron chi connectivity index (χ3n) is 5.15. The van der Waals surface area contributed by atoms with Crippen molar-refractivity contribution < 1.29 is 4.79 Å². The Balaban J connectivity index is 1.56. The molecule has 6 nitrogen and oxygen atoms in total. The monoisotopic (exact) mass is 413 g/mol. The molecule has 0 aliphatic rings. The number of aryl methyl sites for hydroxylation is 1. The molecule has 0 radical (unpaired) electrons. The normalized spacial score (nSPS) is 12.0. The average molecular weight is 414 g/mol. The predicted molar refractivity (Wildman–Crippen MR) is 125 cm³/mol. The van der Waals surface area contributed by atoms with E-state index in [1.165, 1.54) is 5.56 Å². The van der Waals surface area contributed by atoms with Gasteiger partial charge in [0.2, 0.25) is 0 Å². The number of aromatic amines is 1. The van der Waals surface area contributed by atoms with Gasteiger partial charge in [-0.2, -0.15) is 10.2 Å². The number of H-pyrrole nitrogens is 1. The summed E-state index contributed by atoms with van der Waals surface area (Å²) >= 11 is 0. The highest BCUT2D eigenvalue weighted by molar-refractivity contribution is 5.94. The summed E-state index contributed by atoms with van der Waals surface area (Å²) in [5, 5.41) is 10.0. The molecule has 0 saturated carbocycles. The Kier molecular flexibility index (Phi) is 5.46. The van der Waals surface area contributed by atoms with Crippen molar-refractivity contribution in [3.63, 3.8) is 0 Å². The quantitative estimate of drug-likeness (QED) is 0.365. The van der Waals surface area contributed by atoms with E-state index >= 15 is 0 Å². The minimum absolute atomic E-state index is 0.165. The molecule has 2 aromatic carbocycles. The van der Waals surface area contributed by atoms with Crippen LogP contribution in [0.1, 0.15) is 53.6 Å². The van der Waals surface area contributed by atoms with Crippen LogP contribution in [-0.4, -0.2) is 26.9 Å². The first-order valence-electron chi connectivity index (χ1n) is 10.3. The Morgan fingerprint density at radius 3 is 2.77 bits per heavy atom. The molecule has 2 N–H and O–H groups in total. The van der Waals surface area contributed by atoms with Crippen molar-refractivity contribution in [2.45, 2.75) is 39.7 Å². The highest BCUT2D eigenvalue weighted by Crippen LogP contribution is 2.22. The van der Waals surface area contributed by atoms with Crippen LogP contribution in [0.3, 0.4) is 0 Å². The van der Waals surface area contributed by atoms with Crippen LogP contribution in [-0.2, 0) is 12.0 Å². The number of carbonyl (C=O) groups is 1. The number of rotatable bonds is 5. The highest BCUT2D eigenvalue weighted by Gasteiger charge is 2.23. The summed E-state index contributed by atoms with van der Waals surface area (Å²) in [6.45, 7) is 8.84. The van der Waals surface area contributed by atoms with Crippen LogP contribution in [0.25, 0.3) is 10.9 Å². The maximum atomic E-state index is 12.9. The van der Waals surface area contributed by atoms with Gasteiger partial charge in [-0.3, -0.25) is 9.48 Å². The SMILES string of the molecule is Cc1cccc(Cn2nc(C(C)(C)C)cc2C(=O)N/N=C/c2ccc3cc[nH]c3c2)c1. The van der Waals surface area contributed by atoms with Gasteiger partial charge >= 0.3 is 0 Å². The molecule has 4 aromatic rings. The van der Waals surface area contributed by atoms with E-state index in [1.54, 1.807) is 10.9 Å². The Morgan fingerprint density at radius 2 is 2.00 bits per heavy atom. The summed E-state index contributed by atoms with van der Waals surface area (Å²) in [7, 11) is 0. The van der Waals surface area contributed by atoms with E-state index in [1.807, 2.05) is 48.7 Å². The summed E-state index contributed by atoms with van der Waals surface area (Å²) in [6.07, 6.45) is 3.54. The first kappa shape index (κ1) is 20.6. The minimum Gasteiger partial charge on any atom is -0.361 e. The number of fused-ring (bicyclic) bond motifs is 1. The van der Waals surface area contributed by atoms with Crippen LogP contribution < -0.4 is 5.43 Å². The summed E-state index contributed by atoms with van der Waals surface area (Å²) < 4.78 is 1.76. The summed E-state index contributed by atoms with van der Waals surface area (Å²) in [5.74, 6) is -0.284. The third-order valence-corrected chi connectivity index (χ3v) is 5.15. The number of nitrogens with one attached hydrogen (secondary N) is 2. The van der Waals surface area contributed by atoms with Crippen LogP contribution in [0.15, 0.2) is 65.9 Å². The average Bonchev–Trinajstić information content (AvgIpc) is 3.34. The van der Waals surface area contributed by atoms with Crippen molar-refractivity contribution in [2.75, 3.05) is 0 Å². The highest BCUT2D eigenvalue weighted by atomic mass is 16.2. The zero-order valence-electron chi connectivity index (χ0n) is 18.3. The fraction of sp³-hybridized carbons (Fsp3) is 0.240. The zero-order chi connectivity index (χ0) is 22.0. The molecule has 0 spiro atoms. The molecule has 0 fully saturated rings. The van der Waals surface area contributed by atoms with Gasteiger partial charge in [-0.15, -0.1) is 0 Å². The predicted octanol–water partition coefficient (Wildman–Crippen LogP) is 4.78. The van der Waals surface area contributed by atoms with Crippen molar-refractivity contribution in [3.05, 3.63) is 88.9 Å². The van der Waals surface area contributed by atoms with E-state index in [2.05, 4.69) is 55.3 Å². The standard InChI is InChI=1S/C25H27N5O/c1-17-6-5-7-19(12-17)16-30-22(14-23(29-30)25(2,3)4)24(31)28-27-15-18-8-9-20-10-11-26-21(20)13-18/h5-15,26H,16H2,1-4H3,(H,28,31)/b27-15+. The summed E-state index contributed by atoms with van der Waals surface area (Å²) in [6, 6.07) is 18.1. The van der Waals surface area contributed by atoms with Crippen LogP contribution in [0.5, 0.6) is 0 Å². The molecule has 31 heavy (non-hydrogen) atoms. The lowest BCUT2D eigenvalue weighted by Gasteiger charge is -2.14. The maximum Gasteiger partial charge on any atom is 0.289 e. The van der Waals surface area contributed by atoms with Gasteiger partial charge in [-0.25, -0.2) is 5.43 Å². The topological polar surface area (TPSA) is 75.1 Å². The second-order valence-electron chi connectivity index (χ2n) is 8.84. The van der Waals surface area contributed by atoms with E-state index in [4.69, 9.17) is 5.10 Å². The molecule has 6 heteroatoms. The molecular weight excluding hydrogens is 386 g/mol. The molecule has 4 rings (SSSR count). The van der Waals surface area contributed by atoms with Gasteiger partial charge in [0.25, 0.3) is 5.91 Å². The Hall–Kier alpha value is -3.67. The van der Waals surface area contributed by atoms with Gasteiger partial charge in [-0.1, -0.05) is 62.7 Å². The van der Waals surface area contributed by atoms with Gasteiger partial charge in [0.1, 0.15) is 5.69 Å². The minimum atomic E-state index is -0.284. The summed E-state index contributed by atoms with van der Waals surface area (Å²) in [5.41, 5.74) is 8.05. The van der Waals surface area contributed by atoms with Gasteiger partial charge in [0, 0.05) is 17.1 Å². The number of amides is 1. The molecule has 0 saturated heterocycles. The van der Waals surface area contributed by atoms with Gasteiger partial charge in [-0.05, 0) is 41.6 Å². The van der Waals surface area contributed by atoms with E-state index in [9.17, 15) is 4.79 Å². The number of hydrogen-bond donors (Lipinski definition) is 2. The van der Waals surface area contributed by atoms with Crippen molar-refractivity contribution >= 4 is 23.0 Å². The molecule has 0 bridgehead atoms. The molecule has 0 unspecified atom stereocenters. The van der Waals surface area contributed by atoms with E-state index in [0.717, 1.165) is 27.7 Å². The Labute approximate surface area is 182 Å². The van der Waals surface area contributed by atoms with E-state index < -0.39 is 0 Å². The van der Waals surface area contributed by atoms with Crippen molar-refractivity contribution in [3.8, 4) is 0 Å². The lowest BCUT2D eigenvalue weighted by molar-refractivity contribution is 0.0945. The fourth-order valence-electron chi connectivity index (χ4n) is 3.44. The molecule has 158 valence electrons. The maximum absolute atomic E-state index is 12.9. The first-order valence-corrected chi connectivity index (χ1v) is 10.3. The van der Waals surface area contributed by atoms with Crippen LogP contribution >= 0.6 is 0 Å². The first-order chi connectivity index (χ1) is 14.8. The van der Waals surface area contributed by atoms with Gasteiger partial charge in [0.15, 0.2) is 0 Å². The van der Waals surface area contributed by atoms with Crippen LogP contribution in [0.2, 0.25) is 0 Å². The van der Waals surface area contributed by atoms with Crippen LogP contribution in [0.4, 0.5) is 0 Å². The number of benzene rings is 2. The van der Waals surface area contributed by atoms with Crippen molar-refractivity contribution in [1.82, 2.24) is 20.2 Å². The van der Waals surface area contributed by atoms with Crippen molar-refractivity contribution in [1.29, 1.82) is 0 Å². The number of nitrogens with zero attached hydrogens (tertiary/aromatic N) is 3. The zero-order valence-corrected chi connectivity index (χ0v) is 18.3. The second kappa shape index (κ2) is 8.22. The Morgan fingerprint density at radius 1 is 1.16 bits per heavy atom. The number of aromatic nitrogens is 3. The lowest BCUT2D eigenvalue weighted by Crippen LogP contribution is -2.22. The van der Waals surface area contributed by atoms with E-state index in [0.29, 0.717) is 12.2 Å². The van der Waals surface area contributed by atoms with E-state index in [-0.39, 0.29) is 11.3 Å². The molecule has 0 aliphatic heterocycles. The number of hydrogen-bond acceptors (Lipinski definition) is 3. The van der Waals surface area contributed by atoms with Crippen molar-refractivity contribution in [2.24, 2.45) is 5.10 Å². The largest absolute Gasteiger partial charge is 0.361 e. The van der Waals surface area contributed by atoms with Crippen LogP contribution in [0, 0.1) is 6.92 Å². The molecule has 1 amide bonds. The van der Waals surface area contributed by atoms with Gasteiger partial charge in [0.05, 0.1) is 18.5 Å². The second-order valence-corrected chi connectivity index (χ2v) is 8.84. The Bertz CT molecular complexity index is 1260. The molecule has 0 aliphatic carbocycles.